The van der Waals surface area contributed by atoms with Gasteiger partial charge in [0.15, 0.2) is 52.3 Å². The van der Waals surface area contributed by atoms with E-state index >= 15 is 0 Å². The molecule has 10 aromatic heterocycles. The highest BCUT2D eigenvalue weighted by molar-refractivity contribution is 6.59. The molecule has 0 unspecified atom stereocenters. The standard InChI is InChI=1S/C32H22BN3O2.C29H23BN4O2.C25H15BN5O3.C19H14BN5O2/c37-33(38)23-16-18-30-26(20-23)25-19-22(15-17-29(25)36(30)24-11-5-2-6-12-24)32-31(21-9-3-1-4-10-21)34-27-13-7-8-14-28(27)35-32;1-29(2)23-15-14-19(30(35)36)17-22(23)20-11-8-12-21(25(20)29)27-32-26(18-9-4-3-5-10-18)33-28(34-27)24-13-6-7-16-31-24;32-26-34-17-12-10-16(11-13-17)23-29-22(15-6-2-1-3-7-15)30-24(31-23)19-14-27-25-21(28-19)18-8-4-5-9-20(18)33-25;26-20(27)19-24-17(13-6-2-1-3-7-13)23-18(25-19)16-10-9-14(12-22-16)15-8-4-5-11-21-15/h1-20,37-38H;3-17,35-36H,1-2H3;1-14,32H;1-12,26-27H. The van der Waals surface area contributed by atoms with E-state index in [2.05, 4.69) is 102 Å². The SMILES string of the molecule is CC1(C)c2ccc(B(O)O)cc2-c2cccc(-c3nc(-c4ccccc4)nc(-c4ccccn4)n3)c21.OB(O)c1ccc2c(c1)c1cc(-c3nc4ccccc4nc3-c3ccccc3)ccc1n2-c1ccccc1.OB(O)c1nc(-c2ccccc2)nc(-c2ccc(-c3ccccn3)cn2)n1.O[B]Oc1ccc(-c2nc(-c3ccccc3)nc(-c3cnc4oc5ccccc5c4n3)n2)cc1. The Morgan fingerprint density at radius 3 is 1.40 bits per heavy atom. The second-order valence-electron chi connectivity index (χ2n) is 31.9. The summed E-state index contributed by atoms with van der Waals surface area (Å²) in [5.74, 6) is 4.16. The molecular weight excluding hydrogens is 1690 g/mol. The van der Waals surface area contributed by atoms with Gasteiger partial charge in [-0.15, -0.1) is 0 Å². The number of furan rings is 1. The van der Waals surface area contributed by atoms with Crippen molar-refractivity contribution in [1.82, 2.24) is 84.3 Å². The lowest BCUT2D eigenvalue weighted by atomic mass is 9.76. The summed E-state index contributed by atoms with van der Waals surface area (Å²) < 4.78 is 13.0. The summed E-state index contributed by atoms with van der Waals surface area (Å²) in [5, 5.41) is 70.1. The molecule has 30 heteroatoms. The molecule has 10 heterocycles. The Morgan fingerprint density at radius 2 is 0.800 bits per heavy atom. The normalized spacial score (nSPS) is 11.7. The van der Waals surface area contributed by atoms with Crippen LogP contribution >= 0.6 is 0 Å². The molecule has 7 N–H and O–H groups in total. The first kappa shape index (κ1) is 86.0. The molecule has 0 amide bonds. The van der Waals surface area contributed by atoms with Gasteiger partial charge in [-0.3, -0.25) is 15.0 Å². The Balaban J connectivity index is 0.000000112. The highest BCUT2D eigenvalue weighted by Crippen LogP contribution is 2.52. The van der Waals surface area contributed by atoms with Crippen molar-refractivity contribution in [2.75, 3.05) is 0 Å². The average molecular weight is 1760 g/mol. The molecule has 0 atom stereocenters. The molecule has 0 spiro atoms. The van der Waals surface area contributed by atoms with E-state index in [4.69, 9.17) is 59.0 Å². The van der Waals surface area contributed by atoms with Gasteiger partial charge in [-0.05, 0) is 148 Å². The molecule has 0 saturated carbocycles. The fourth-order valence-corrected chi connectivity index (χ4v) is 16.5. The number of pyridine rings is 3. The third-order valence-corrected chi connectivity index (χ3v) is 22.9. The number of rotatable bonds is 17. The van der Waals surface area contributed by atoms with E-state index in [0.717, 1.165) is 133 Å². The van der Waals surface area contributed by atoms with Crippen LogP contribution in [0, 0.1) is 0 Å². The summed E-state index contributed by atoms with van der Waals surface area (Å²) in [4.78, 5) is 73.9. The monoisotopic (exact) mass is 1760 g/mol. The van der Waals surface area contributed by atoms with Crippen molar-refractivity contribution < 1.29 is 44.2 Å². The number of para-hydroxylation sites is 4. The maximum absolute atomic E-state index is 9.91. The van der Waals surface area contributed by atoms with Gasteiger partial charge in [0.2, 0.25) is 5.71 Å². The zero-order valence-corrected chi connectivity index (χ0v) is 72.1. The molecule has 0 saturated heterocycles. The van der Waals surface area contributed by atoms with Crippen LogP contribution in [0.4, 0.5) is 0 Å². The van der Waals surface area contributed by atoms with Crippen molar-refractivity contribution in [2.24, 2.45) is 0 Å². The molecular formula is C105H74B4N17O9. The smallest absolute Gasteiger partial charge is 0.537 e. The highest BCUT2D eigenvalue weighted by Gasteiger charge is 2.39. The fourth-order valence-electron chi connectivity index (χ4n) is 16.5. The van der Waals surface area contributed by atoms with E-state index < -0.39 is 21.4 Å². The minimum Gasteiger partial charge on any atom is -0.537 e. The first-order chi connectivity index (χ1) is 66.1. The summed E-state index contributed by atoms with van der Waals surface area (Å²) >= 11 is 0. The van der Waals surface area contributed by atoms with E-state index in [9.17, 15) is 30.1 Å². The van der Waals surface area contributed by atoms with Crippen molar-refractivity contribution in [1.29, 1.82) is 0 Å². The number of hydrogen-bond donors (Lipinski definition) is 7. The Kier molecular flexibility index (Phi) is 24.1. The Labute approximate surface area is 773 Å². The summed E-state index contributed by atoms with van der Waals surface area (Å²) in [6.45, 7) is 4.35. The summed E-state index contributed by atoms with van der Waals surface area (Å²) in [6, 6.07) is 110. The first-order valence-corrected chi connectivity index (χ1v) is 43.0. The second-order valence-corrected chi connectivity index (χ2v) is 31.9. The quantitative estimate of drug-likeness (QED) is 0.0416. The summed E-state index contributed by atoms with van der Waals surface area (Å²) in [5.41, 5.74) is 22.3. The minimum atomic E-state index is -1.80. The second kappa shape index (κ2) is 37.8. The molecule has 1 aliphatic rings. The maximum atomic E-state index is 9.91. The van der Waals surface area contributed by atoms with Crippen molar-refractivity contribution in [3.8, 4) is 148 Å². The molecule has 645 valence electrons. The van der Waals surface area contributed by atoms with Crippen LogP contribution in [0.15, 0.2) is 375 Å². The average Bonchev–Trinajstić information content (AvgIpc) is 1.55. The van der Waals surface area contributed by atoms with Crippen molar-refractivity contribution >= 4 is 101 Å². The molecule has 1 radical (unpaired) electrons. The van der Waals surface area contributed by atoms with Gasteiger partial charge in [-0.25, -0.2) is 64.8 Å². The van der Waals surface area contributed by atoms with Crippen LogP contribution < -0.4 is 21.3 Å². The van der Waals surface area contributed by atoms with E-state index in [1.807, 2.05) is 267 Å². The molecule has 0 aliphatic heterocycles. The number of fused-ring (bicyclic) bond motifs is 10. The van der Waals surface area contributed by atoms with Crippen molar-refractivity contribution in [3.63, 3.8) is 0 Å². The largest absolute Gasteiger partial charge is 0.569 e. The number of aromatic nitrogens is 17. The summed E-state index contributed by atoms with van der Waals surface area (Å²) in [6.07, 6.45) is 6.73. The lowest BCUT2D eigenvalue weighted by molar-refractivity contribution is 0.422. The van der Waals surface area contributed by atoms with Crippen LogP contribution in [0.1, 0.15) is 25.0 Å². The summed E-state index contributed by atoms with van der Waals surface area (Å²) in [7, 11) is -4.24. The van der Waals surface area contributed by atoms with Crippen LogP contribution in [-0.4, -0.2) is 149 Å². The van der Waals surface area contributed by atoms with Crippen LogP contribution in [0.5, 0.6) is 5.75 Å². The third-order valence-electron chi connectivity index (χ3n) is 22.9. The molecule has 26 nitrogen and oxygen atoms in total. The number of benzene rings is 12. The van der Waals surface area contributed by atoms with Gasteiger partial charge in [0, 0.05) is 90.4 Å². The van der Waals surface area contributed by atoms with Gasteiger partial charge in [0.25, 0.3) is 0 Å². The van der Waals surface area contributed by atoms with Gasteiger partial charge in [0.1, 0.15) is 33.9 Å². The predicted molar refractivity (Wildman–Crippen MR) is 525 cm³/mol. The number of hydrogen-bond acceptors (Lipinski definition) is 25. The minimum absolute atomic E-state index is 0.130. The van der Waals surface area contributed by atoms with Crippen LogP contribution in [0.2, 0.25) is 0 Å². The van der Waals surface area contributed by atoms with E-state index in [1.54, 1.807) is 55.1 Å². The molecule has 12 aromatic carbocycles. The van der Waals surface area contributed by atoms with Gasteiger partial charge < -0.3 is 48.8 Å². The lowest BCUT2D eigenvalue weighted by Crippen LogP contribution is -2.36. The Hall–Kier alpha value is -17.1. The van der Waals surface area contributed by atoms with Crippen LogP contribution in [-0.2, 0) is 5.41 Å². The zero-order valence-electron chi connectivity index (χ0n) is 72.1. The lowest BCUT2D eigenvalue weighted by Gasteiger charge is -2.24. The van der Waals surface area contributed by atoms with Gasteiger partial charge in [0.05, 0.1) is 45.3 Å². The molecule has 23 rings (SSSR count). The van der Waals surface area contributed by atoms with E-state index in [0.29, 0.717) is 93.4 Å². The van der Waals surface area contributed by atoms with E-state index in [-0.39, 0.29) is 17.0 Å². The Bertz CT molecular complexity index is 8030. The molecule has 135 heavy (non-hydrogen) atoms. The predicted octanol–water partition coefficient (Wildman–Crippen LogP) is 15.8. The van der Waals surface area contributed by atoms with Gasteiger partial charge >= 0.3 is 29.0 Å². The topological polar surface area (TPSA) is 375 Å². The van der Waals surface area contributed by atoms with Gasteiger partial charge in [-0.2, -0.15) is 0 Å². The van der Waals surface area contributed by atoms with Crippen molar-refractivity contribution in [2.45, 2.75) is 19.3 Å². The van der Waals surface area contributed by atoms with Crippen molar-refractivity contribution in [3.05, 3.63) is 382 Å². The maximum Gasteiger partial charge on any atom is 0.569 e. The highest BCUT2D eigenvalue weighted by atomic mass is 16.5. The molecule has 0 bridgehead atoms. The van der Waals surface area contributed by atoms with E-state index in [1.165, 1.54) is 0 Å². The number of nitrogens with zero attached hydrogens (tertiary/aromatic N) is 17. The van der Waals surface area contributed by atoms with Crippen LogP contribution in [0.3, 0.4) is 0 Å². The fraction of sp³-hybridized carbons (Fsp3) is 0.0286. The van der Waals surface area contributed by atoms with Crippen LogP contribution in [0.25, 0.3) is 197 Å². The van der Waals surface area contributed by atoms with Gasteiger partial charge in [-0.1, -0.05) is 244 Å². The first-order valence-electron chi connectivity index (χ1n) is 43.0. The molecule has 1 aliphatic carbocycles. The Morgan fingerprint density at radius 1 is 0.326 bits per heavy atom. The molecule has 22 aromatic rings. The third kappa shape index (κ3) is 17.9. The zero-order chi connectivity index (χ0) is 92.0. The molecule has 0 fully saturated rings.